The molecule has 1 unspecified atom stereocenters. The lowest BCUT2D eigenvalue weighted by molar-refractivity contribution is 0.0937. The summed E-state index contributed by atoms with van der Waals surface area (Å²) in [7, 11) is 0. The molecule has 1 aromatic heterocycles. The number of nitrogens with one attached hydrogen (secondary N) is 2. The summed E-state index contributed by atoms with van der Waals surface area (Å²) in [6, 6.07) is 0.521. The van der Waals surface area contributed by atoms with Gasteiger partial charge in [-0.25, -0.2) is 4.98 Å². The summed E-state index contributed by atoms with van der Waals surface area (Å²) in [6.45, 7) is 6.16. The number of hydrogen-bond donors (Lipinski definition) is 3. The van der Waals surface area contributed by atoms with Gasteiger partial charge in [0, 0.05) is 12.1 Å². The van der Waals surface area contributed by atoms with E-state index < -0.39 is 0 Å². The maximum Gasteiger partial charge on any atom is 0.265 e. The molecule has 1 saturated carbocycles. The van der Waals surface area contributed by atoms with Crippen LogP contribution in [0.1, 0.15) is 56.1 Å². The molecule has 5 nitrogen and oxygen atoms in total. The third-order valence-electron chi connectivity index (χ3n) is 3.41. The molecular weight excluding hydrogens is 272 g/mol. The van der Waals surface area contributed by atoms with Gasteiger partial charge in [-0.1, -0.05) is 31.1 Å². The van der Waals surface area contributed by atoms with Gasteiger partial charge in [-0.3, -0.25) is 4.79 Å². The number of carbonyl (C=O) groups excluding carboxylic acids is 1. The van der Waals surface area contributed by atoms with Gasteiger partial charge in [0.2, 0.25) is 0 Å². The van der Waals surface area contributed by atoms with E-state index >= 15 is 0 Å². The van der Waals surface area contributed by atoms with E-state index in [-0.39, 0.29) is 18.0 Å². The number of nitrogen functional groups attached to an aromatic ring is 1. The van der Waals surface area contributed by atoms with Gasteiger partial charge in [0.05, 0.1) is 0 Å². The van der Waals surface area contributed by atoms with Crippen LogP contribution >= 0.6 is 11.3 Å². The number of nitrogens with two attached hydrogens (primary N) is 1. The fraction of sp³-hybridized carbons (Fsp3) is 0.714. The molecule has 1 amide bonds. The zero-order chi connectivity index (χ0) is 14.7. The van der Waals surface area contributed by atoms with Crippen LogP contribution in [0.3, 0.4) is 0 Å². The van der Waals surface area contributed by atoms with Crippen LogP contribution in [0.25, 0.3) is 0 Å². The van der Waals surface area contributed by atoms with Crippen molar-refractivity contribution in [3.05, 3.63) is 4.88 Å². The number of amides is 1. The summed E-state index contributed by atoms with van der Waals surface area (Å²) in [5.41, 5.74) is 5.85. The quantitative estimate of drug-likeness (QED) is 0.723. The molecule has 112 valence electrons. The van der Waals surface area contributed by atoms with Crippen LogP contribution in [-0.4, -0.2) is 23.0 Å². The lowest BCUT2D eigenvalue weighted by atomic mass is 10.1. The molecule has 0 radical (unpaired) electrons. The predicted molar refractivity (Wildman–Crippen MR) is 84.2 cm³/mol. The zero-order valence-electron chi connectivity index (χ0n) is 12.4. The highest BCUT2D eigenvalue weighted by molar-refractivity contribution is 7.18. The number of anilines is 2. The van der Waals surface area contributed by atoms with Crippen LogP contribution in [0.5, 0.6) is 0 Å². The molecule has 0 saturated heterocycles. The summed E-state index contributed by atoms with van der Waals surface area (Å²) in [5.74, 6) is 1.03. The molecule has 20 heavy (non-hydrogen) atoms. The van der Waals surface area contributed by atoms with Crippen LogP contribution in [0.15, 0.2) is 0 Å². The van der Waals surface area contributed by atoms with Crippen LogP contribution in [-0.2, 0) is 0 Å². The second kappa shape index (κ2) is 6.43. The second-order valence-electron chi connectivity index (χ2n) is 5.79. The molecular formula is C14H24N4OS. The Kier molecular flexibility index (Phi) is 4.86. The molecule has 1 aromatic rings. The van der Waals surface area contributed by atoms with Gasteiger partial charge in [0.25, 0.3) is 5.91 Å². The van der Waals surface area contributed by atoms with Gasteiger partial charge in [-0.15, -0.1) is 0 Å². The van der Waals surface area contributed by atoms with Crippen molar-refractivity contribution in [3.8, 4) is 0 Å². The van der Waals surface area contributed by atoms with Gasteiger partial charge in [-0.2, -0.15) is 0 Å². The van der Waals surface area contributed by atoms with Crippen molar-refractivity contribution in [2.75, 3.05) is 11.1 Å². The highest BCUT2D eigenvalue weighted by Crippen LogP contribution is 2.34. The molecule has 2 rings (SSSR count). The van der Waals surface area contributed by atoms with Crippen molar-refractivity contribution in [2.45, 2.75) is 58.5 Å². The van der Waals surface area contributed by atoms with Crippen LogP contribution < -0.4 is 16.4 Å². The highest BCUT2D eigenvalue weighted by atomic mass is 32.1. The zero-order valence-corrected chi connectivity index (χ0v) is 13.2. The Morgan fingerprint density at radius 2 is 2.20 bits per heavy atom. The number of hydrogen-bond acceptors (Lipinski definition) is 5. The van der Waals surface area contributed by atoms with Gasteiger partial charge in [0.1, 0.15) is 10.7 Å². The van der Waals surface area contributed by atoms with Crippen molar-refractivity contribution in [3.63, 3.8) is 0 Å². The smallest absolute Gasteiger partial charge is 0.265 e. The largest absolute Gasteiger partial charge is 0.382 e. The summed E-state index contributed by atoms with van der Waals surface area (Å²) in [6.07, 6.45) is 4.64. The van der Waals surface area contributed by atoms with E-state index in [1.165, 1.54) is 24.2 Å². The van der Waals surface area contributed by atoms with Crippen LogP contribution in [0, 0.1) is 5.92 Å². The second-order valence-corrected chi connectivity index (χ2v) is 6.79. The van der Waals surface area contributed by atoms with Gasteiger partial charge >= 0.3 is 0 Å². The molecule has 6 heteroatoms. The van der Waals surface area contributed by atoms with Crippen molar-refractivity contribution in [1.82, 2.24) is 10.3 Å². The first-order valence-corrected chi connectivity index (χ1v) is 8.15. The minimum Gasteiger partial charge on any atom is -0.382 e. The van der Waals surface area contributed by atoms with Crippen LogP contribution in [0.4, 0.5) is 10.9 Å². The molecule has 1 atom stereocenters. The molecule has 1 aliphatic carbocycles. The maximum absolute atomic E-state index is 12.3. The Labute approximate surface area is 124 Å². The van der Waals surface area contributed by atoms with Crippen molar-refractivity contribution < 1.29 is 4.79 Å². The predicted octanol–water partition coefficient (Wildman–Crippen LogP) is 2.85. The summed E-state index contributed by atoms with van der Waals surface area (Å²) in [5, 5.41) is 6.97. The van der Waals surface area contributed by atoms with E-state index in [0.717, 1.165) is 18.8 Å². The first-order valence-electron chi connectivity index (χ1n) is 7.33. The van der Waals surface area contributed by atoms with Crippen molar-refractivity contribution in [2.24, 2.45) is 5.92 Å². The summed E-state index contributed by atoms with van der Waals surface area (Å²) >= 11 is 1.32. The number of carbonyl (C=O) groups is 1. The lowest BCUT2D eigenvalue weighted by Crippen LogP contribution is -2.34. The Balaban J connectivity index is 1.98. The number of aromatic nitrogens is 1. The highest BCUT2D eigenvalue weighted by Gasteiger charge is 2.26. The Hall–Kier alpha value is -1.30. The Bertz CT molecular complexity index is 468. The molecule has 1 heterocycles. The van der Waals surface area contributed by atoms with Gasteiger partial charge in [-0.05, 0) is 32.6 Å². The van der Waals surface area contributed by atoms with E-state index in [1.54, 1.807) is 0 Å². The standard InChI is InChI=1S/C14H24N4OS/c1-4-10(7-9-5-6-9)17-13(19)11-12(15)18-14(20-11)16-8(2)3/h8-10H,4-7,15H2,1-3H3,(H,16,18)(H,17,19). The molecule has 0 aromatic carbocycles. The molecule has 1 fully saturated rings. The molecule has 0 aliphatic heterocycles. The molecule has 4 N–H and O–H groups in total. The van der Waals surface area contributed by atoms with E-state index in [9.17, 15) is 4.79 Å². The Morgan fingerprint density at radius 3 is 2.75 bits per heavy atom. The summed E-state index contributed by atoms with van der Waals surface area (Å²) < 4.78 is 0. The number of rotatable bonds is 7. The maximum atomic E-state index is 12.3. The van der Waals surface area contributed by atoms with Gasteiger partial charge < -0.3 is 16.4 Å². The van der Waals surface area contributed by atoms with E-state index in [0.29, 0.717) is 15.8 Å². The fourth-order valence-electron chi connectivity index (χ4n) is 2.14. The van der Waals surface area contributed by atoms with E-state index in [4.69, 9.17) is 5.73 Å². The first kappa shape index (κ1) is 15.1. The van der Waals surface area contributed by atoms with Gasteiger partial charge in [0.15, 0.2) is 5.13 Å². The third kappa shape index (κ3) is 4.10. The molecule has 1 aliphatic rings. The SMILES string of the molecule is CCC(CC1CC1)NC(=O)c1sc(NC(C)C)nc1N. The van der Waals surface area contributed by atoms with Crippen molar-refractivity contribution in [1.29, 1.82) is 0 Å². The van der Waals surface area contributed by atoms with E-state index in [2.05, 4.69) is 22.5 Å². The normalized spacial score (nSPS) is 16.2. The first-order chi connectivity index (χ1) is 9.49. The molecule has 0 bridgehead atoms. The fourth-order valence-corrected chi connectivity index (χ4v) is 3.07. The van der Waals surface area contributed by atoms with Crippen LogP contribution in [0.2, 0.25) is 0 Å². The average Bonchev–Trinajstić information content (AvgIpc) is 3.10. The van der Waals surface area contributed by atoms with Crippen molar-refractivity contribution >= 4 is 28.2 Å². The topological polar surface area (TPSA) is 80.0 Å². The number of thiazole rings is 1. The monoisotopic (exact) mass is 296 g/mol. The number of nitrogens with zero attached hydrogens (tertiary/aromatic N) is 1. The summed E-state index contributed by atoms with van der Waals surface area (Å²) in [4.78, 5) is 17.0. The Morgan fingerprint density at radius 1 is 1.50 bits per heavy atom. The third-order valence-corrected chi connectivity index (χ3v) is 4.42. The molecule has 0 spiro atoms. The minimum atomic E-state index is -0.0932. The van der Waals surface area contributed by atoms with E-state index in [1.807, 2.05) is 13.8 Å². The lowest BCUT2D eigenvalue weighted by Gasteiger charge is -2.15. The average molecular weight is 296 g/mol. The minimum absolute atomic E-state index is 0.0932.